The van der Waals surface area contributed by atoms with Crippen LogP contribution in [0.2, 0.25) is 5.02 Å². The monoisotopic (exact) mass is 489 g/mol. The summed E-state index contributed by atoms with van der Waals surface area (Å²) in [6.07, 6.45) is -0.494. The molecule has 0 spiro atoms. The third-order valence-corrected chi connectivity index (χ3v) is 7.62. The molecular weight excluding hydrogens is 470 g/mol. The van der Waals surface area contributed by atoms with Crippen molar-refractivity contribution in [1.82, 2.24) is 13.7 Å². The van der Waals surface area contributed by atoms with Gasteiger partial charge in [-0.1, -0.05) is 41.9 Å². The second-order valence-electron chi connectivity index (χ2n) is 8.44. The second kappa shape index (κ2) is 7.48. The lowest BCUT2D eigenvalue weighted by atomic mass is 10.0. The Kier molecular flexibility index (Phi) is 4.62. The predicted molar refractivity (Wildman–Crippen MR) is 136 cm³/mol. The van der Waals surface area contributed by atoms with Gasteiger partial charge in [0.25, 0.3) is 5.56 Å². The lowest BCUT2D eigenvalue weighted by Crippen LogP contribution is -2.37. The van der Waals surface area contributed by atoms with E-state index in [1.807, 2.05) is 60.8 Å². The minimum absolute atomic E-state index is 0.341. The molecule has 5 aromatic rings. The Morgan fingerprint density at radius 1 is 1.00 bits per heavy atom. The molecule has 0 saturated heterocycles. The number of ether oxygens (including phenoxy) is 1. The molecule has 0 unspecified atom stereocenters. The number of rotatable bonds is 2. The molecular formula is C26H20ClN3O3S. The van der Waals surface area contributed by atoms with Gasteiger partial charge in [0.2, 0.25) is 0 Å². The van der Waals surface area contributed by atoms with Gasteiger partial charge in [0.15, 0.2) is 6.10 Å². The van der Waals surface area contributed by atoms with Crippen molar-refractivity contribution in [3.8, 4) is 22.7 Å². The SMILES string of the molecule is Cc1ccccc1-c1c2c(=O)n(C)c(=O)n(C)c2c2n1-c1cc(Cl)ccc1O[C@H]2c1cccs1. The van der Waals surface area contributed by atoms with Crippen LogP contribution in [0.1, 0.15) is 22.2 Å². The number of fused-ring (bicyclic) bond motifs is 5. The fourth-order valence-corrected chi connectivity index (χ4v) is 5.78. The van der Waals surface area contributed by atoms with E-state index in [0.717, 1.165) is 37.6 Å². The highest BCUT2D eigenvalue weighted by atomic mass is 35.5. The Labute approximate surface area is 203 Å². The maximum absolute atomic E-state index is 13.7. The summed E-state index contributed by atoms with van der Waals surface area (Å²) in [7, 11) is 3.21. The van der Waals surface area contributed by atoms with Gasteiger partial charge in [0.1, 0.15) is 5.75 Å². The Hall–Kier alpha value is -3.55. The van der Waals surface area contributed by atoms with Crippen LogP contribution in [0.25, 0.3) is 27.8 Å². The highest BCUT2D eigenvalue weighted by Gasteiger charge is 2.37. The first kappa shape index (κ1) is 21.0. The largest absolute Gasteiger partial charge is 0.476 e. The van der Waals surface area contributed by atoms with Crippen LogP contribution in [0, 0.1) is 6.92 Å². The second-order valence-corrected chi connectivity index (χ2v) is 9.85. The van der Waals surface area contributed by atoms with Gasteiger partial charge in [-0.15, -0.1) is 11.3 Å². The number of thiophene rings is 1. The normalized spacial score (nSPS) is 14.6. The van der Waals surface area contributed by atoms with E-state index >= 15 is 0 Å². The van der Waals surface area contributed by atoms with Gasteiger partial charge < -0.3 is 9.30 Å². The molecule has 0 aliphatic carbocycles. The predicted octanol–water partition coefficient (Wildman–Crippen LogP) is 5.20. The van der Waals surface area contributed by atoms with E-state index in [-0.39, 0.29) is 11.2 Å². The summed E-state index contributed by atoms with van der Waals surface area (Å²) in [6, 6.07) is 17.4. The van der Waals surface area contributed by atoms with E-state index in [9.17, 15) is 9.59 Å². The Morgan fingerprint density at radius 2 is 1.79 bits per heavy atom. The van der Waals surface area contributed by atoms with Crippen molar-refractivity contribution in [2.24, 2.45) is 14.1 Å². The van der Waals surface area contributed by atoms with Crippen molar-refractivity contribution in [2.75, 3.05) is 0 Å². The van der Waals surface area contributed by atoms with Crippen LogP contribution in [0.4, 0.5) is 0 Å². The molecule has 34 heavy (non-hydrogen) atoms. The molecule has 1 atom stereocenters. The molecule has 2 aromatic carbocycles. The zero-order valence-electron chi connectivity index (χ0n) is 18.7. The number of benzene rings is 2. The van der Waals surface area contributed by atoms with Crippen LogP contribution >= 0.6 is 22.9 Å². The highest BCUT2D eigenvalue weighted by Crippen LogP contribution is 2.48. The van der Waals surface area contributed by atoms with Crippen molar-refractivity contribution < 1.29 is 4.74 Å². The van der Waals surface area contributed by atoms with E-state index in [1.54, 1.807) is 29.0 Å². The topological polar surface area (TPSA) is 58.2 Å². The number of hydrogen-bond acceptors (Lipinski definition) is 4. The number of aryl methyl sites for hydroxylation is 2. The molecule has 8 heteroatoms. The third-order valence-electron chi connectivity index (χ3n) is 6.47. The standard InChI is InChI=1S/C26H20ClN3O3S/c1-14-7-4-5-8-16(14)21-20-22(28(2)26(32)29(3)25(20)31)23-24(19-9-6-12-34-19)33-18-11-10-15(27)13-17(18)30(21)23/h4-13,24H,1-3H3/t24-/m0/s1. The van der Waals surface area contributed by atoms with E-state index in [4.69, 9.17) is 16.3 Å². The van der Waals surface area contributed by atoms with Crippen molar-refractivity contribution >= 4 is 33.8 Å². The van der Waals surface area contributed by atoms with Crippen LogP contribution < -0.4 is 16.0 Å². The van der Waals surface area contributed by atoms with Crippen molar-refractivity contribution in [3.63, 3.8) is 0 Å². The average Bonchev–Trinajstić information content (AvgIpc) is 3.48. The minimum Gasteiger partial charge on any atom is -0.476 e. The van der Waals surface area contributed by atoms with Gasteiger partial charge in [0.05, 0.1) is 32.9 Å². The zero-order chi connectivity index (χ0) is 23.7. The lowest BCUT2D eigenvalue weighted by Gasteiger charge is -2.29. The summed E-state index contributed by atoms with van der Waals surface area (Å²) in [4.78, 5) is 27.7. The molecule has 0 N–H and O–H groups in total. The molecule has 1 aliphatic heterocycles. The highest BCUT2D eigenvalue weighted by molar-refractivity contribution is 7.10. The molecule has 0 saturated carbocycles. The molecule has 0 amide bonds. The third kappa shape index (κ3) is 2.80. The summed E-state index contributed by atoms with van der Waals surface area (Å²) in [5.74, 6) is 0.660. The molecule has 6 nitrogen and oxygen atoms in total. The number of aromatic nitrogens is 3. The first-order valence-corrected chi connectivity index (χ1v) is 12.0. The van der Waals surface area contributed by atoms with E-state index in [1.165, 1.54) is 7.05 Å². The quantitative estimate of drug-likeness (QED) is 0.342. The van der Waals surface area contributed by atoms with Crippen LogP contribution in [-0.2, 0) is 14.1 Å². The lowest BCUT2D eigenvalue weighted by molar-refractivity contribution is 0.233. The minimum atomic E-state index is -0.494. The fraction of sp³-hybridized carbons (Fsp3) is 0.154. The number of nitrogens with zero attached hydrogens (tertiary/aromatic N) is 3. The van der Waals surface area contributed by atoms with Crippen LogP contribution in [0.5, 0.6) is 5.75 Å². The van der Waals surface area contributed by atoms with Crippen molar-refractivity contribution in [3.05, 3.63) is 102 Å². The summed E-state index contributed by atoms with van der Waals surface area (Å²) >= 11 is 8.00. The smallest absolute Gasteiger partial charge is 0.331 e. The van der Waals surface area contributed by atoms with Crippen LogP contribution in [-0.4, -0.2) is 13.7 Å². The Balaban J connectivity index is 1.92. The van der Waals surface area contributed by atoms with Gasteiger partial charge >= 0.3 is 5.69 Å². The van der Waals surface area contributed by atoms with E-state index in [0.29, 0.717) is 21.7 Å². The average molecular weight is 490 g/mol. The summed E-state index contributed by atoms with van der Waals surface area (Å²) in [6.45, 7) is 2.02. The Morgan fingerprint density at radius 3 is 2.53 bits per heavy atom. The molecule has 0 fully saturated rings. The van der Waals surface area contributed by atoms with Gasteiger partial charge in [-0.3, -0.25) is 13.9 Å². The van der Waals surface area contributed by atoms with Gasteiger partial charge in [-0.05, 0) is 42.1 Å². The molecule has 1 aliphatic rings. The first-order valence-electron chi connectivity index (χ1n) is 10.8. The maximum atomic E-state index is 13.7. The fourth-order valence-electron chi connectivity index (χ4n) is 4.86. The number of hydrogen-bond donors (Lipinski definition) is 0. The summed E-state index contributed by atoms with van der Waals surface area (Å²) < 4.78 is 11.3. The van der Waals surface area contributed by atoms with Gasteiger partial charge in [-0.25, -0.2) is 4.79 Å². The Bertz CT molecular complexity index is 1730. The van der Waals surface area contributed by atoms with E-state index < -0.39 is 6.10 Å². The summed E-state index contributed by atoms with van der Waals surface area (Å²) in [5.41, 5.74) is 3.97. The van der Waals surface area contributed by atoms with Gasteiger partial charge in [-0.2, -0.15) is 0 Å². The number of halogens is 1. The van der Waals surface area contributed by atoms with Crippen LogP contribution in [0.15, 0.2) is 69.6 Å². The molecule has 3 aromatic heterocycles. The van der Waals surface area contributed by atoms with E-state index in [2.05, 4.69) is 4.57 Å². The molecule has 0 bridgehead atoms. The maximum Gasteiger partial charge on any atom is 0.331 e. The van der Waals surface area contributed by atoms with Crippen molar-refractivity contribution in [2.45, 2.75) is 13.0 Å². The molecule has 170 valence electrons. The molecule has 4 heterocycles. The molecule has 6 rings (SSSR count). The zero-order valence-corrected chi connectivity index (χ0v) is 20.3. The van der Waals surface area contributed by atoms with Crippen molar-refractivity contribution in [1.29, 1.82) is 0 Å². The molecule has 0 radical (unpaired) electrons. The summed E-state index contributed by atoms with van der Waals surface area (Å²) in [5, 5.41) is 3.02. The van der Waals surface area contributed by atoms with Crippen LogP contribution in [0.3, 0.4) is 0 Å². The van der Waals surface area contributed by atoms with Gasteiger partial charge in [0, 0.05) is 24.7 Å². The first-order chi connectivity index (χ1) is 16.4.